The summed E-state index contributed by atoms with van der Waals surface area (Å²) < 4.78 is 0. The topological polar surface area (TPSA) is 52.6 Å². The molecule has 2 N–H and O–H groups in total. The number of piperidine rings is 1. The Morgan fingerprint density at radius 3 is 2.79 bits per heavy atom. The predicted octanol–water partition coefficient (Wildman–Crippen LogP) is 3.47. The first-order valence-electron chi connectivity index (χ1n) is 10.4. The summed E-state index contributed by atoms with van der Waals surface area (Å²) in [6.45, 7) is 10.1. The van der Waals surface area contributed by atoms with E-state index in [1.807, 2.05) is 12.4 Å². The van der Waals surface area contributed by atoms with E-state index in [0.29, 0.717) is 6.04 Å². The van der Waals surface area contributed by atoms with E-state index in [1.54, 1.807) is 0 Å². The number of benzene rings is 1. The molecule has 0 saturated carbocycles. The van der Waals surface area contributed by atoms with Crippen molar-refractivity contribution in [3.63, 3.8) is 0 Å². The number of hydrogen-bond donors (Lipinski definition) is 2. The molecule has 2 heterocycles. The second-order valence-corrected chi connectivity index (χ2v) is 7.58. The maximum Gasteiger partial charge on any atom is 0.191 e. The predicted molar refractivity (Wildman–Crippen MR) is 118 cm³/mol. The fourth-order valence-corrected chi connectivity index (χ4v) is 3.67. The lowest BCUT2D eigenvalue weighted by molar-refractivity contribution is 0.468. The molecule has 28 heavy (non-hydrogen) atoms. The van der Waals surface area contributed by atoms with Crippen LogP contribution in [-0.4, -0.2) is 43.2 Å². The molecule has 0 aliphatic carbocycles. The van der Waals surface area contributed by atoms with Crippen LogP contribution in [0.15, 0.2) is 47.7 Å². The Balaban J connectivity index is 1.58. The van der Waals surface area contributed by atoms with Gasteiger partial charge in [0.2, 0.25) is 0 Å². The average Bonchev–Trinajstić information content (AvgIpc) is 2.70. The molecule has 1 aromatic heterocycles. The smallest absolute Gasteiger partial charge is 0.191 e. The molecule has 1 fully saturated rings. The van der Waals surface area contributed by atoms with E-state index >= 15 is 0 Å². The van der Waals surface area contributed by atoms with Crippen LogP contribution >= 0.6 is 0 Å². The molecule has 0 spiro atoms. The summed E-state index contributed by atoms with van der Waals surface area (Å²) in [5.74, 6) is 0.921. The summed E-state index contributed by atoms with van der Waals surface area (Å²) in [5, 5.41) is 7.05. The van der Waals surface area contributed by atoms with Crippen molar-refractivity contribution in [3.8, 4) is 0 Å². The molecule has 1 saturated heterocycles. The third kappa shape index (κ3) is 5.72. The van der Waals surface area contributed by atoms with E-state index < -0.39 is 0 Å². The van der Waals surface area contributed by atoms with Gasteiger partial charge in [-0.3, -0.25) is 9.98 Å². The molecule has 3 rings (SSSR count). The summed E-state index contributed by atoms with van der Waals surface area (Å²) in [6.07, 6.45) is 7.09. The normalized spacial score (nSPS) is 17.5. The van der Waals surface area contributed by atoms with Gasteiger partial charge >= 0.3 is 0 Å². The fourth-order valence-electron chi connectivity index (χ4n) is 3.67. The van der Waals surface area contributed by atoms with Crippen LogP contribution in [0.3, 0.4) is 0 Å². The van der Waals surface area contributed by atoms with Gasteiger partial charge in [0, 0.05) is 50.3 Å². The van der Waals surface area contributed by atoms with Gasteiger partial charge in [0.1, 0.15) is 0 Å². The number of anilines is 1. The molecule has 5 nitrogen and oxygen atoms in total. The van der Waals surface area contributed by atoms with Crippen LogP contribution in [0.2, 0.25) is 0 Å². The number of guanidine groups is 1. The highest BCUT2D eigenvalue weighted by Gasteiger charge is 2.21. The quantitative estimate of drug-likeness (QED) is 0.596. The molecule has 0 radical (unpaired) electrons. The van der Waals surface area contributed by atoms with Crippen molar-refractivity contribution in [1.29, 1.82) is 0 Å². The van der Waals surface area contributed by atoms with E-state index in [4.69, 9.17) is 4.99 Å². The minimum Gasteiger partial charge on any atom is -0.369 e. The second-order valence-electron chi connectivity index (χ2n) is 7.58. The number of aryl methyl sites for hydroxylation is 2. The maximum atomic E-state index is 4.81. The van der Waals surface area contributed by atoms with Crippen molar-refractivity contribution in [2.45, 2.75) is 46.1 Å². The van der Waals surface area contributed by atoms with Crippen LogP contribution in [0.25, 0.3) is 0 Å². The summed E-state index contributed by atoms with van der Waals surface area (Å²) in [7, 11) is 0. The molecule has 5 heteroatoms. The number of hydrogen-bond acceptors (Lipinski definition) is 3. The van der Waals surface area contributed by atoms with Gasteiger partial charge in [-0.1, -0.05) is 17.7 Å². The molecule has 150 valence electrons. The van der Waals surface area contributed by atoms with Gasteiger partial charge in [0.05, 0.1) is 0 Å². The Bertz CT molecular complexity index is 769. The highest BCUT2D eigenvalue weighted by Crippen LogP contribution is 2.20. The van der Waals surface area contributed by atoms with Crippen LogP contribution in [0.1, 0.15) is 36.5 Å². The number of nitrogens with one attached hydrogen (secondary N) is 2. The zero-order chi connectivity index (χ0) is 19.8. The van der Waals surface area contributed by atoms with Gasteiger partial charge < -0.3 is 15.5 Å². The molecule has 1 atom stereocenters. The lowest BCUT2D eigenvalue weighted by atomic mass is 10.0. The van der Waals surface area contributed by atoms with Gasteiger partial charge in [0.25, 0.3) is 0 Å². The first-order chi connectivity index (χ1) is 13.7. The number of nitrogens with zero attached hydrogens (tertiary/aromatic N) is 3. The SMILES string of the molecule is CCNC(=NCCc1ccncc1C)NC1CCCN(c2ccc(C)cc2)C1. The highest BCUT2D eigenvalue weighted by molar-refractivity contribution is 5.80. The third-order valence-corrected chi connectivity index (χ3v) is 5.29. The van der Waals surface area contributed by atoms with Crippen molar-refractivity contribution < 1.29 is 0 Å². The Hall–Kier alpha value is -2.56. The molecule has 2 aromatic rings. The number of pyridine rings is 1. The lowest BCUT2D eigenvalue weighted by Gasteiger charge is -2.35. The Labute approximate surface area is 169 Å². The van der Waals surface area contributed by atoms with Crippen LogP contribution in [0, 0.1) is 13.8 Å². The summed E-state index contributed by atoms with van der Waals surface area (Å²) >= 11 is 0. The first kappa shape index (κ1) is 20.2. The average molecular weight is 380 g/mol. The summed E-state index contributed by atoms with van der Waals surface area (Å²) in [6, 6.07) is 11.3. The number of rotatable bonds is 6. The molecular formula is C23H33N5. The van der Waals surface area contributed by atoms with Crippen molar-refractivity contribution >= 4 is 11.6 Å². The van der Waals surface area contributed by atoms with Gasteiger partial charge in [-0.15, -0.1) is 0 Å². The lowest BCUT2D eigenvalue weighted by Crippen LogP contribution is -2.51. The van der Waals surface area contributed by atoms with E-state index in [2.05, 4.69) is 71.6 Å². The minimum atomic E-state index is 0.413. The van der Waals surface area contributed by atoms with E-state index in [9.17, 15) is 0 Å². The van der Waals surface area contributed by atoms with E-state index in [-0.39, 0.29) is 0 Å². The molecule has 0 bridgehead atoms. The maximum absolute atomic E-state index is 4.81. The Morgan fingerprint density at radius 2 is 2.04 bits per heavy atom. The van der Waals surface area contributed by atoms with Gasteiger partial charge in [-0.2, -0.15) is 0 Å². The minimum absolute atomic E-state index is 0.413. The summed E-state index contributed by atoms with van der Waals surface area (Å²) in [4.78, 5) is 11.5. The van der Waals surface area contributed by atoms with Crippen molar-refractivity contribution in [1.82, 2.24) is 15.6 Å². The third-order valence-electron chi connectivity index (χ3n) is 5.29. The monoisotopic (exact) mass is 379 g/mol. The van der Waals surface area contributed by atoms with Gasteiger partial charge in [-0.05, 0) is 69.4 Å². The molecule has 1 aliphatic rings. The van der Waals surface area contributed by atoms with Gasteiger partial charge in [-0.25, -0.2) is 0 Å². The number of aliphatic imine (C=N–C) groups is 1. The zero-order valence-electron chi connectivity index (χ0n) is 17.4. The van der Waals surface area contributed by atoms with Crippen molar-refractivity contribution in [2.24, 2.45) is 4.99 Å². The second kappa shape index (κ2) is 10.1. The van der Waals surface area contributed by atoms with Crippen molar-refractivity contribution in [2.75, 3.05) is 31.1 Å². The fraction of sp³-hybridized carbons (Fsp3) is 0.478. The summed E-state index contributed by atoms with van der Waals surface area (Å²) in [5.41, 5.74) is 5.17. The molecule has 1 unspecified atom stereocenters. The zero-order valence-corrected chi connectivity index (χ0v) is 17.4. The standard InChI is InChI=1S/C23H33N5/c1-4-25-23(26-14-12-20-11-13-24-16-19(20)3)27-21-6-5-15-28(17-21)22-9-7-18(2)8-10-22/h7-11,13,16,21H,4-6,12,14-15,17H2,1-3H3,(H2,25,26,27). The molecule has 1 aromatic carbocycles. The Morgan fingerprint density at radius 1 is 1.21 bits per heavy atom. The molecular weight excluding hydrogens is 346 g/mol. The van der Waals surface area contributed by atoms with Crippen LogP contribution in [0.4, 0.5) is 5.69 Å². The number of aromatic nitrogens is 1. The van der Waals surface area contributed by atoms with E-state index in [0.717, 1.165) is 38.6 Å². The molecule has 0 amide bonds. The molecule has 1 aliphatic heterocycles. The van der Waals surface area contributed by atoms with E-state index in [1.165, 1.54) is 35.2 Å². The van der Waals surface area contributed by atoms with Crippen LogP contribution < -0.4 is 15.5 Å². The highest BCUT2D eigenvalue weighted by atomic mass is 15.2. The van der Waals surface area contributed by atoms with Crippen LogP contribution in [-0.2, 0) is 6.42 Å². The Kier molecular flexibility index (Phi) is 7.29. The first-order valence-corrected chi connectivity index (χ1v) is 10.4. The van der Waals surface area contributed by atoms with Gasteiger partial charge in [0.15, 0.2) is 5.96 Å². The largest absolute Gasteiger partial charge is 0.369 e. The van der Waals surface area contributed by atoms with Crippen molar-refractivity contribution in [3.05, 3.63) is 59.4 Å². The van der Waals surface area contributed by atoms with Crippen LogP contribution in [0.5, 0.6) is 0 Å².